The molecule has 102 valence electrons. The van der Waals surface area contributed by atoms with Crippen LogP contribution in [0.15, 0.2) is 0 Å². The number of carbonyl (C=O) groups is 2. The number of amides is 2. The summed E-state index contributed by atoms with van der Waals surface area (Å²) in [5, 5.41) is 12.2. The minimum atomic E-state index is -1.03. The summed E-state index contributed by atoms with van der Waals surface area (Å²) in [6.45, 7) is 4.32. The van der Waals surface area contributed by atoms with Crippen LogP contribution in [0.25, 0.3) is 0 Å². The van der Waals surface area contributed by atoms with Crippen molar-refractivity contribution in [2.24, 2.45) is 5.92 Å². The molecule has 0 bridgehead atoms. The molecule has 0 radical (unpaired) electrons. The lowest BCUT2D eigenvalue weighted by Crippen LogP contribution is -2.54. The van der Waals surface area contributed by atoms with Gasteiger partial charge in [0.15, 0.2) is 0 Å². The first kappa shape index (κ1) is 13.2. The molecule has 2 amide bonds. The standard InChI is InChI=1S/C13H22N2O3/c1-3-5-9-8-10(9)14-12(18)15-7-4-6-13(15,2)11(16)17/h9-10H,3-8H2,1-2H3,(H,14,18)(H,16,17). The predicted molar refractivity (Wildman–Crippen MR) is 67.3 cm³/mol. The van der Waals surface area contributed by atoms with Gasteiger partial charge < -0.3 is 15.3 Å². The Balaban J connectivity index is 1.91. The molecule has 1 heterocycles. The van der Waals surface area contributed by atoms with Crippen LogP contribution in [0.3, 0.4) is 0 Å². The lowest BCUT2D eigenvalue weighted by molar-refractivity contribution is -0.147. The number of urea groups is 1. The van der Waals surface area contributed by atoms with Crippen molar-refractivity contribution < 1.29 is 14.7 Å². The molecule has 5 nitrogen and oxygen atoms in total. The van der Waals surface area contributed by atoms with Gasteiger partial charge in [0.2, 0.25) is 0 Å². The Labute approximate surface area is 108 Å². The summed E-state index contributed by atoms with van der Waals surface area (Å²) in [4.78, 5) is 24.9. The molecule has 3 unspecified atom stereocenters. The number of carboxylic acid groups (broad SMARTS) is 1. The highest BCUT2D eigenvalue weighted by molar-refractivity contribution is 5.86. The molecule has 0 spiro atoms. The third-order valence-corrected chi connectivity index (χ3v) is 4.24. The molecule has 1 saturated carbocycles. The maximum atomic E-state index is 12.1. The highest BCUT2D eigenvalue weighted by atomic mass is 16.4. The van der Waals surface area contributed by atoms with Crippen molar-refractivity contribution in [3.63, 3.8) is 0 Å². The fourth-order valence-corrected chi connectivity index (χ4v) is 2.86. The fraction of sp³-hybridized carbons (Fsp3) is 0.846. The topological polar surface area (TPSA) is 69.6 Å². The van der Waals surface area contributed by atoms with Crippen LogP contribution in [0.2, 0.25) is 0 Å². The molecule has 2 aliphatic rings. The van der Waals surface area contributed by atoms with Crippen LogP contribution in [0.5, 0.6) is 0 Å². The Bertz CT molecular complexity index is 358. The second-order valence-electron chi connectivity index (χ2n) is 5.67. The smallest absolute Gasteiger partial charge is 0.329 e. The molecule has 1 aliphatic heterocycles. The Morgan fingerprint density at radius 2 is 2.22 bits per heavy atom. The van der Waals surface area contributed by atoms with Crippen LogP contribution in [-0.4, -0.2) is 40.1 Å². The van der Waals surface area contributed by atoms with E-state index in [-0.39, 0.29) is 12.1 Å². The normalized spacial score (nSPS) is 34.4. The fourth-order valence-electron chi connectivity index (χ4n) is 2.86. The highest BCUT2D eigenvalue weighted by Gasteiger charge is 2.47. The summed E-state index contributed by atoms with van der Waals surface area (Å²) in [5.74, 6) is -0.311. The van der Waals surface area contributed by atoms with Crippen LogP contribution >= 0.6 is 0 Å². The molecule has 1 aliphatic carbocycles. The zero-order valence-electron chi connectivity index (χ0n) is 11.1. The average molecular weight is 254 g/mol. The van der Waals surface area contributed by atoms with Gasteiger partial charge in [-0.2, -0.15) is 0 Å². The van der Waals surface area contributed by atoms with Gasteiger partial charge in [-0.05, 0) is 38.5 Å². The summed E-state index contributed by atoms with van der Waals surface area (Å²) in [6, 6.07) is 0.0529. The molecule has 5 heteroatoms. The number of likely N-dealkylation sites (tertiary alicyclic amines) is 1. The van der Waals surface area contributed by atoms with Crippen molar-refractivity contribution in [3.8, 4) is 0 Å². The first-order chi connectivity index (χ1) is 8.49. The zero-order valence-corrected chi connectivity index (χ0v) is 11.1. The van der Waals surface area contributed by atoms with Crippen LogP contribution < -0.4 is 5.32 Å². The second kappa shape index (κ2) is 4.78. The predicted octanol–water partition coefficient (Wildman–Crippen LogP) is 1.82. The average Bonchev–Trinajstić information content (AvgIpc) is 2.88. The summed E-state index contributed by atoms with van der Waals surface area (Å²) < 4.78 is 0. The molecular formula is C13H22N2O3. The third kappa shape index (κ3) is 2.31. The van der Waals surface area contributed by atoms with Gasteiger partial charge in [-0.3, -0.25) is 0 Å². The molecule has 3 atom stereocenters. The highest BCUT2D eigenvalue weighted by Crippen LogP contribution is 2.36. The molecule has 0 aromatic heterocycles. The minimum Gasteiger partial charge on any atom is -0.480 e. The lowest BCUT2D eigenvalue weighted by Gasteiger charge is -2.31. The number of hydrogen-bond donors (Lipinski definition) is 2. The van der Waals surface area contributed by atoms with Gasteiger partial charge >= 0.3 is 12.0 Å². The van der Waals surface area contributed by atoms with Crippen LogP contribution in [0, 0.1) is 5.92 Å². The van der Waals surface area contributed by atoms with Gasteiger partial charge in [0.05, 0.1) is 0 Å². The first-order valence-electron chi connectivity index (χ1n) is 6.80. The number of carboxylic acids is 1. The van der Waals surface area contributed by atoms with Gasteiger partial charge in [0.25, 0.3) is 0 Å². The Kier molecular flexibility index (Phi) is 3.50. The summed E-state index contributed by atoms with van der Waals surface area (Å²) in [6.07, 6.45) is 4.62. The SMILES string of the molecule is CCCC1CC1NC(=O)N1CCCC1(C)C(=O)O. The van der Waals surface area contributed by atoms with Gasteiger partial charge in [0.1, 0.15) is 5.54 Å². The largest absolute Gasteiger partial charge is 0.480 e. The van der Waals surface area contributed by atoms with Gasteiger partial charge in [0, 0.05) is 12.6 Å². The summed E-state index contributed by atoms with van der Waals surface area (Å²) in [7, 11) is 0. The number of carbonyl (C=O) groups excluding carboxylic acids is 1. The second-order valence-corrected chi connectivity index (χ2v) is 5.67. The third-order valence-electron chi connectivity index (χ3n) is 4.24. The van der Waals surface area contributed by atoms with Gasteiger partial charge in [-0.15, -0.1) is 0 Å². The number of nitrogens with one attached hydrogen (secondary N) is 1. The molecule has 0 aromatic rings. The van der Waals surface area contributed by atoms with Crippen molar-refractivity contribution in [3.05, 3.63) is 0 Å². The molecule has 0 aromatic carbocycles. The van der Waals surface area contributed by atoms with Crippen molar-refractivity contribution >= 4 is 12.0 Å². The molecule has 2 fully saturated rings. The van der Waals surface area contributed by atoms with E-state index in [1.807, 2.05) is 0 Å². The van der Waals surface area contributed by atoms with E-state index in [1.54, 1.807) is 6.92 Å². The van der Waals surface area contributed by atoms with Crippen LogP contribution in [-0.2, 0) is 4.79 Å². The van der Waals surface area contributed by atoms with E-state index in [1.165, 1.54) is 4.90 Å². The van der Waals surface area contributed by atoms with Gasteiger partial charge in [-0.25, -0.2) is 9.59 Å². The molecule has 18 heavy (non-hydrogen) atoms. The first-order valence-corrected chi connectivity index (χ1v) is 6.80. The van der Waals surface area contributed by atoms with E-state index in [9.17, 15) is 14.7 Å². The Morgan fingerprint density at radius 1 is 1.50 bits per heavy atom. The lowest BCUT2D eigenvalue weighted by atomic mass is 10.00. The molecule has 1 saturated heterocycles. The summed E-state index contributed by atoms with van der Waals surface area (Å²) >= 11 is 0. The van der Waals surface area contributed by atoms with E-state index in [0.29, 0.717) is 18.9 Å². The molecule has 2 rings (SSSR count). The summed E-state index contributed by atoms with van der Waals surface area (Å²) in [5.41, 5.74) is -1.03. The monoisotopic (exact) mass is 254 g/mol. The van der Waals surface area contributed by atoms with E-state index < -0.39 is 11.5 Å². The Hall–Kier alpha value is -1.26. The Morgan fingerprint density at radius 3 is 2.83 bits per heavy atom. The van der Waals surface area contributed by atoms with Crippen molar-refractivity contribution in [1.29, 1.82) is 0 Å². The number of nitrogens with zero attached hydrogens (tertiary/aromatic N) is 1. The maximum absolute atomic E-state index is 12.1. The number of rotatable bonds is 4. The minimum absolute atomic E-state index is 0.207. The van der Waals surface area contributed by atoms with Crippen LogP contribution in [0.4, 0.5) is 4.79 Å². The zero-order chi connectivity index (χ0) is 13.3. The maximum Gasteiger partial charge on any atom is 0.329 e. The van der Waals surface area contributed by atoms with Gasteiger partial charge in [-0.1, -0.05) is 13.3 Å². The van der Waals surface area contributed by atoms with E-state index in [4.69, 9.17) is 0 Å². The number of hydrogen-bond acceptors (Lipinski definition) is 2. The molecule has 2 N–H and O–H groups in total. The van der Waals surface area contributed by atoms with Crippen molar-refractivity contribution in [2.75, 3.05) is 6.54 Å². The number of aliphatic carboxylic acids is 1. The van der Waals surface area contributed by atoms with E-state index in [0.717, 1.165) is 25.7 Å². The van der Waals surface area contributed by atoms with Crippen molar-refractivity contribution in [2.45, 2.75) is 57.5 Å². The van der Waals surface area contributed by atoms with E-state index in [2.05, 4.69) is 12.2 Å². The van der Waals surface area contributed by atoms with E-state index >= 15 is 0 Å². The van der Waals surface area contributed by atoms with Crippen molar-refractivity contribution in [1.82, 2.24) is 10.2 Å². The molecular weight excluding hydrogens is 232 g/mol. The van der Waals surface area contributed by atoms with Crippen LogP contribution in [0.1, 0.15) is 46.0 Å². The quantitative estimate of drug-likeness (QED) is 0.804.